The first-order valence-electron chi connectivity index (χ1n) is 3.94. The zero-order valence-corrected chi connectivity index (χ0v) is 8.50. The molecule has 9 heteroatoms. The van der Waals surface area contributed by atoms with Gasteiger partial charge in [-0.1, -0.05) is 11.3 Å². The van der Waals surface area contributed by atoms with Crippen LogP contribution in [0.25, 0.3) is 0 Å². The summed E-state index contributed by atoms with van der Waals surface area (Å²) in [5.41, 5.74) is 5.45. The molecule has 2 aromatic heterocycles. The normalized spacial score (nSPS) is 10.2. The number of carbonyl (C=O) groups excluding carboxylic acids is 1. The van der Waals surface area contributed by atoms with Gasteiger partial charge in [0.2, 0.25) is 5.13 Å². The van der Waals surface area contributed by atoms with Crippen molar-refractivity contribution >= 4 is 28.2 Å². The van der Waals surface area contributed by atoms with Crippen molar-refractivity contribution in [3.05, 3.63) is 10.7 Å². The number of nitrogens with one attached hydrogen (secondary N) is 2. The van der Waals surface area contributed by atoms with E-state index in [1.807, 2.05) is 0 Å². The maximum Gasteiger partial charge on any atom is 0.281 e. The number of aromatic amines is 1. The van der Waals surface area contributed by atoms with Crippen molar-refractivity contribution in [2.75, 3.05) is 11.1 Å². The average Bonchev–Trinajstić information content (AvgIpc) is 2.75. The minimum Gasteiger partial charge on any atom is -0.380 e. The Bertz CT molecular complexity index is 489. The topological polar surface area (TPSA) is 122 Å². The molecular formula is C6H7N7OS. The summed E-state index contributed by atoms with van der Waals surface area (Å²) >= 11 is 1.27. The lowest BCUT2D eigenvalue weighted by Crippen LogP contribution is -2.14. The van der Waals surface area contributed by atoms with Gasteiger partial charge in [-0.2, -0.15) is 5.21 Å². The third-order valence-electron chi connectivity index (χ3n) is 1.54. The number of anilines is 2. The SMILES string of the molecule is Cc1nnc(NC(=O)c2n[nH]nc2N)s1. The minimum atomic E-state index is -0.461. The fourth-order valence-electron chi connectivity index (χ4n) is 0.910. The number of carbonyl (C=O) groups is 1. The van der Waals surface area contributed by atoms with Gasteiger partial charge in [-0.15, -0.1) is 20.4 Å². The molecule has 2 aromatic rings. The van der Waals surface area contributed by atoms with Crippen LogP contribution in [0.4, 0.5) is 10.9 Å². The number of H-pyrrole nitrogens is 1. The van der Waals surface area contributed by atoms with Crippen LogP contribution in [0.1, 0.15) is 15.5 Å². The summed E-state index contributed by atoms with van der Waals surface area (Å²) in [5.74, 6) is -0.411. The van der Waals surface area contributed by atoms with Crippen LogP contribution < -0.4 is 11.1 Å². The number of nitrogens with two attached hydrogens (primary N) is 1. The largest absolute Gasteiger partial charge is 0.380 e. The van der Waals surface area contributed by atoms with Gasteiger partial charge in [0.1, 0.15) is 5.01 Å². The number of rotatable bonds is 2. The number of hydrogen-bond donors (Lipinski definition) is 3. The van der Waals surface area contributed by atoms with Crippen molar-refractivity contribution in [3.8, 4) is 0 Å². The molecule has 78 valence electrons. The number of nitrogens with zero attached hydrogens (tertiary/aromatic N) is 4. The molecule has 15 heavy (non-hydrogen) atoms. The number of nitrogen functional groups attached to an aromatic ring is 1. The summed E-state index contributed by atoms with van der Waals surface area (Å²) in [6.45, 7) is 1.79. The predicted molar refractivity (Wildman–Crippen MR) is 53.4 cm³/mol. The van der Waals surface area contributed by atoms with Crippen LogP contribution in [0.15, 0.2) is 0 Å². The summed E-state index contributed by atoms with van der Waals surface area (Å²) in [7, 11) is 0. The highest BCUT2D eigenvalue weighted by atomic mass is 32.1. The first-order valence-corrected chi connectivity index (χ1v) is 4.76. The van der Waals surface area contributed by atoms with Crippen molar-refractivity contribution in [1.29, 1.82) is 0 Å². The van der Waals surface area contributed by atoms with Crippen LogP contribution in [-0.2, 0) is 0 Å². The number of amides is 1. The second-order valence-electron chi connectivity index (χ2n) is 2.64. The van der Waals surface area contributed by atoms with Crippen LogP contribution in [0.5, 0.6) is 0 Å². The molecular weight excluding hydrogens is 218 g/mol. The lowest BCUT2D eigenvalue weighted by atomic mass is 10.4. The Morgan fingerprint density at radius 2 is 2.27 bits per heavy atom. The van der Waals surface area contributed by atoms with Crippen LogP contribution in [0.3, 0.4) is 0 Å². The fourth-order valence-corrected chi connectivity index (χ4v) is 1.50. The zero-order valence-electron chi connectivity index (χ0n) is 7.68. The fraction of sp³-hybridized carbons (Fsp3) is 0.167. The molecule has 0 aliphatic heterocycles. The van der Waals surface area contributed by atoms with Crippen LogP contribution in [-0.4, -0.2) is 31.5 Å². The summed E-state index contributed by atoms with van der Waals surface area (Å²) in [4.78, 5) is 11.5. The van der Waals surface area contributed by atoms with E-state index in [1.54, 1.807) is 6.92 Å². The van der Waals surface area contributed by atoms with Gasteiger partial charge in [-0.3, -0.25) is 10.1 Å². The molecule has 2 heterocycles. The molecule has 0 aliphatic carbocycles. The van der Waals surface area contributed by atoms with Crippen molar-refractivity contribution in [2.45, 2.75) is 6.92 Å². The Labute approximate surface area is 87.9 Å². The standard InChI is InChI=1S/C6H7N7OS/c1-2-9-12-6(15-2)8-5(14)3-4(7)11-13-10-3/h1H3,(H,8,12,14)(H3,7,10,11,13). The Hall–Kier alpha value is -2.03. The smallest absolute Gasteiger partial charge is 0.281 e. The Balaban J connectivity index is 2.14. The van der Waals surface area contributed by atoms with E-state index in [2.05, 4.69) is 30.9 Å². The Kier molecular flexibility index (Phi) is 2.29. The molecule has 0 radical (unpaired) electrons. The third kappa shape index (κ3) is 1.91. The quantitative estimate of drug-likeness (QED) is 0.650. The number of hydrogen-bond acceptors (Lipinski definition) is 7. The van der Waals surface area contributed by atoms with E-state index in [1.165, 1.54) is 11.3 Å². The molecule has 0 spiro atoms. The average molecular weight is 225 g/mol. The zero-order chi connectivity index (χ0) is 10.8. The maximum atomic E-state index is 11.5. The Morgan fingerprint density at radius 1 is 1.47 bits per heavy atom. The lowest BCUT2D eigenvalue weighted by molar-refractivity contribution is 0.102. The maximum absolute atomic E-state index is 11.5. The first-order chi connectivity index (χ1) is 7.16. The molecule has 0 aliphatic rings. The first kappa shape index (κ1) is 9.52. The molecule has 0 bridgehead atoms. The van der Waals surface area contributed by atoms with Crippen molar-refractivity contribution in [3.63, 3.8) is 0 Å². The monoisotopic (exact) mass is 225 g/mol. The van der Waals surface area contributed by atoms with Gasteiger partial charge in [-0.25, -0.2) is 0 Å². The number of aryl methyl sites for hydroxylation is 1. The van der Waals surface area contributed by atoms with Crippen LogP contribution in [0, 0.1) is 6.92 Å². The van der Waals surface area contributed by atoms with Gasteiger partial charge in [0.15, 0.2) is 11.5 Å². The molecule has 4 N–H and O–H groups in total. The third-order valence-corrected chi connectivity index (χ3v) is 2.29. The van der Waals surface area contributed by atoms with Crippen LogP contribution >= 0.6 is 11.3 Å². The van der Waals surface area contributed by atoms with Crippen molar-refractivity contribution < 1.29 is 4.79 Å². The summed E-state index contributed by atoms with van der Waals surface area (Å²) < 4.78 is 0. The van der Waals surface area contributed by atoms with Gasteiger partial charge in [0.05, 0.1) is 0 Å². The van der Waals surface area contributed by atoms with Gasteiger partial charge >= 0.3 is 0 Å². The second-order valence-corrected chi connectivity index (χ2v) is 3.82. The summed E-state index contributed by atoms with van der Waals surface area (Å²) in [5, 5.41) is 20.5. The highest BCUT2D eigenvalue weighted by molar-refractivity contribution is 7.15. The molecule has 0 atom stereocenters. The highest BCUT2D eigenvalue weighted by Gasteiger charge is 2.15. The summed E-state index contributed by atoms with van der Waals surface area (Å²) in [6.07, 6.45) is 0. The van der Waals surface area contributed by atoms with E-state index in [-0.39, 0.29) is 11.5 Å². The molecule has 0 saturated heterocycles. The van der Waals surface area contributed by atoms with Crippen molar-refractivity contribution in [2.24, 2.45) is 0 Å². The van der Waals surface area contributed by atoms with E-state index in [9.17, 15) is 4.79 Å². The number of aromatic nitrogens is 5. The molecule has 2 rings (SSSR count). The summed E-state index contributed by atoms with van der Waals surface area (Å²) in [6, 6.07) is 0. The van der Waals surface area contributed by atoms with Gasteiger partial charge in [0, 0.05) is 0 Å². The van der Waals surface area contributed by atoms with E-state index in [4.69, 9.17) is 5.73 Å². The molecule has 0 saturated carbocycles. The predicted octanol–water partition coefficient (Wildman–Crippen LogP) is -0.201. The second kappa shape index (κ2) is 3.61. The van der Waals surface area contributed by atoms with Gasteiger partial charge in [-0.05, 0) is 6.92 Å². The molecule has 1 amide bonds. The Morgan fingerprint density at radius 3 is 2.80 bits per heavy atom. The van der Waals surface area contributed by atoms with Crippen molar-refractivity contribution in [1.82, 2.24) is 25.6 Å². The van der Waals surface area contributed by atoms with Gasteiger partial charge < -0.3 is 5.73 Å². The van der Waals surface area contributed by atoms with Crippen LogP contribution in [0.2, 0.25) is 0 Å². The van der Waals surface area contributed by atoms with E-state index < -0.39 is 5.91 Å². The molecule has 0 aromatic carbocycles. The highest BCUT2D eigenvalue weighted by Crippen LogP contribution is 2.15. The molecule has 8 nitrogen and oxygen atoms in total. The van der Waals surface area contributed by atoms with Gasteiger partial charge in [0.25, 0.3) is 5.91 Å². The molecule has 0 fully saturated rings. The van der Waals surface area contributed by atoms with E-state index >= 15 is 0 Å². The van der Waals surface area contributed by atoms with E-state index in [0.29, 0.717) is 5.13 Å². The molecule has 0 unspecified atom stereocenters. The lowest BCUT2D eigenvalue weighted by Gasteiger charge is -1.96. The van der Waals surface area contributed by atoms with E-state index in [0.717, 1.165) is 5.01 Å². The minimum absolute atomic E-state index is 0.0443.